The molecule has 1 aromatic heterocycles. The van der Waals surface area contributed by atoms with Gasteiger partial charge in [-0.25, -0.2) is 9.48 Å². The van der Waals surface area contributed by atoms with E-state index >= 15 is 0 Å². The minimum Gasteiger partial charge on any atom is -0.464 e. The molecule has 0 aliphatic carbocycles. The number of halogens is 1. The number of nitrogens with zero attached hydrogens (tertiary/aromatic N) is 2. The van der Waals surface area contributed by atoms with Crippen molar-refractivity contribution in [3.8, 4) is 5.69 Å². The number of rotatable bonds is 2. The molecule has 0 spiro atoms. The van der Waals surface area contributed by atoms with Gasteiger partial charge in [0.05, 0.1) is 18.3 Å². The first kappa shape index (κ1) is 20.4. The van der Waals surface area contributed by atoms with Gasteiger partial charge in [0.25, 0.3) is 0 Å². The molecule has 3 aromatic carbocycles. The van der Waals surface area contributed by atoms with E-state index in [2.05, 4.69) is 49.5 Å². The van der Waals surface area contributed by atoms with Crippen molar-refractivity contribution >= 4 is 66.3 Å². The molecule has 0 unspecified atom stereocenters. The average Bonchev–Trinajstić information content (AvgIpc) is 3.16. The monoisotopic (exact) mass is 466 g/mol. The van der Waals surface area contributed by atoms with Crippen LogP contribution in [-0.2, 0) is 8.85 Å². The van der Waals surface area contributed by atoms with Crippen molar-refractivity contribution in [3.05, 3.63) is 59.2 Å². The highest BCUT2D eigenvalue weighted by atomic mass is 35.5. The predicted molar refractivity (Wildman–Crippen MR) is 130 cm³/mol. The molecule has 8 heteroatoms. The maximum atomic E-state index is 12.5. The Morgan fingerprint density at radius 2 is 1.55 bits per heavy atom. The quantitative estimate of drug-likeness (QED) is 0.323. The van der Waals surface area contributed by atoms with E-state index in [0.29, 0.717) is 10.7 Å². The normalized spacial score (nSPS) is 16.6. The lowest BCUT2D eigenvalue weighted by atomic mass is 10.1. The van der Waals surface area contributed by atoms with Crippen molar-refractivity contribution in [1.82, 2.24) is 9.78 Å². The largest absolute Gasteiger partial charge is 0.464 e. The molecule has 4 aromatic rings. The Bertz CT molecular complexity index is 1380. The molecule has 5 rings (SSSR count). The third-order valence-electron chi connectivity index (χ3n) is 6.03. The summed E-state index contributed by atoms with van der Waals surface area (Å²) in [7, 11) is -2.50. The SMILES string of the molecule is COC(=O)c1nn(-c2ccc(Cl)cc2)c2cc3cc4c(cc3cc12)[Si](C)(C)O[Si]4(C)C. The number of esters is 1. The summed E-state index contributed by atoms with van der Waals surface area (Å²) in [5.41, 5.74) is 1.99. The van der Waals surface area contributed by atoms with Crippen LogP contribution in [0, 0.1) is 0 Å². The second kappa shape index (κ2) is 6.77. The molecule has 0 saturated carbocycles. The first-order valence-electron chi connectivity index (χ1n) is 10.2. The van der Waals surface area contributed by atoms with Gasteiger partial charge in [-0.05, 0) is 83.7 Å². The lowest BCUT2D eigenvalue weighted by Crippen LogP contribution is -2.43. The third-order valence-corrected chi connectivity index (χ3v) is 14.0. The Hall–Kier alpha value is -2.46. The predicted octanol–water partition coefficient (Wildman–Crippen LogP) is 4.47. The zero-order chi connectivity index (χ0) is 22.1. The van der Waals surface area contributed by atoms with Crippen molar-refractivity contribution in [3.63, 3.8) is 0 Å². The fourth-order valence-corrected chi connectivity index (χ4v) is 15.0. The molecular formula is C23H23ClN2O3Si2. The number of aromatic nitrogens is 2. The zero-order valence-electron chi connectivity index (χ0n) is 18.1. The molecule has 0 atom stereocenters. The maximum absolute atomic E-state index is 12.5. The second-order valence-corrected chi connectivity index (χ2v) is 17.3. The summed E-state index contributed by atoms with van der Waals surface area (Å²) >= 11 is 6.07. The van der Waals surface area contributed by atoms with Gasteiger partial charge in [-0.15, -0.1) is 0 Å². The highest BCUT2D eigenvalue weighted by molar-refractivity contribution is 7.06. The van der Waals surface area contributed by atoms with Gasteiger partial charge < -0.3 is 8.85 Å². The Morgan fingerprint density at radius 3 is 2.13 bits per heavy atom. The van der Waals surface area contributed by atoms with Gasteiger partial charge in [0.15, 0.2) is 5.69 Å². The minimum atomic E-state index is -1.94. The average molecular weight is 467 g/mol. The molecule has 1 aliphatic heterocycles. The minimum absolute atomic E-state index is 0.303. The van der Waals surface area contributed by atoms with Gasteiger partial charge in [0.2, 0.25) is 16.6 Å². The van der Waals surface area contributed by atoms with Crippen molar-refractivity contribution in [2.24, 2.45) is 0 Å². The molecule has 0 fully saturated rings. The lowest BCUT2D eigenvalue weighted by Gasteiger charge is -2.22. The summed E-state index contributed by atoms with van der Waals surface area (Å²) in [4.78, 5) is 12.5. The molecule has 158 valence electrons. The molecular weight excluding hydrogens is 444 g/mol. The molecule has 0 N–H and O–H groups in total. The van der Waals surface area contributed by atoms with Crippen LogP contribution in [0.25, 0.3) is 27.4 Å². The van der Waals surface area contributed by atoms with Crippen LogP contribution in [0.2, 0.25) is 31.2 Å². The van der Waals surface area contributed by atoms with Gasteiger partial charge in [0, 0.05) is 10.4 Å². The molecule has 0 bridgehead atoms. The lowest BCUT2D eigenvalue weighted by molar-refractivity contribution is 0.0595. The molecule has 31 heavy (non-hydrogen) atoms. The van der Waals surface area contributed by atoms with Gasteiger partial charge in [-0.2, -0.15) is 5.10 Å². The summed E-state index contributed by atoms with van der Waals surface area (Å²) < 4.78 is 13.4. The Labute approximate surface area is 187 Å². The van der Waals surface area contributed by atoms with Crippen LogP contribution in [-0.4, -0.2) is 39.5 Å². The number of benzene rings is 3. The summed E-state index contributed by atoms with van der Waals surface area (Å²) in [5.74, 6) is -0.454. The highest BCUT2D eigenvalue weighted by Crippen LogP contribution is 2.30. The summed E-state index contributed by atoms with van der Waals surface area (Å²) in [6, 6.07) is 16.1. The second-order valence-electron chi connectivity index (χ2n) is 8.97. The molecule has 1 aliphatic rings. The molecule has 5 nitrogen and oxygen atoms in total. The van der Waals surface area contributed by atoms with E-state index in [4.69, 9.17) is 20.5 Å². The Morgan fingerprint density at radius 1 is 0.968 bits per heavy atom. The summed E-state index contributed by atoms with van der Waals surface area (Å²) in [6.45, 7) is 9.06. The number of ether oxygens (including phenoxy) is 1. The fourth-order valence-electron chi connectivity index (χ4n) is 4.68. The molecule has 0 amide bonds. The zero-order valence-corrected chi connectivity index (χ0v) is 20.9. The Balaban J connectivity index is 1.83. The summed E-state index contributed by atoms with van der Waals surface area (Å²) in [6.07, 6.45) is 0. The van der Waals surface area contributed by atoms with Crippen molar-refractivity contribution in [1.29, 1.82) is 0 Å². The first-order valence-corrected chi connectivity index (χ1v) is 16.4. The van der Waals surface area contributed by atoms with Crippen LogP contribution in [0.4, 0.5) is 0 Å². The number of carbonyl (C=O) groups is 1. The Kier molecular flexibility index (Phi) is 4.46. The van der Waals surface area contributed by atoms with Gasteiger partial charge >= 0.3 is 5.97 Å². The standard InChI is InChI=1S/C23H23ClN2O3Si2/c1-28-23(27)22-18-10-14-12-20-21(31(4,5)29-30(20,2)3)13-15(14)11-19(18)26(25-22)17-8-6-16(24)7-9-17/h6-13H,1-5H3. The molecule has 2 heterocycles. The van der Waals surface area contributed by atoms with Crippen LogP contribution in [0.15, 0.2) is 48.5 Å². The van der Waals surface area contributed by atoms with E-state index in [1.54, 1.807) is 4.68 Å². The third kappa shape index (κ3) is 3.15. The number of hydrogen-bond acceptors (Lipinski definition) is 4. The highest BCUT2D eigenvalue weighted by Gasteiger charge is 2.46. The van der Waals surface area contributed by atoms with Gasteiger partial charge in [0.1, 0.15) is 0 Å². The number of carbonyl (C=O) groups excluding carboxylic acids is 1. The van der Waals surface area contributed by atoms with Crippen LogP contribution in [0.3, 0.4) is 0 Å². The topological polar surface area (TPSA) is 53.3 Å². The fraction of sp³-hybridized carbons (Fsp3) is 0.217. The van der Waals surface area contributed by atoms with Gasteiger partial charge in [-0.1, -0.05) is 23.7 Å². The van der Waals surface area contributed by atoms with Crippen molar-refractivity contribution < 1.29 is 13.6 Å². The number of fused-ring (bicyclic) bond motifs is 3. The number of methoxy groups -OCH3 is 1. The number of hydrogen-bond donors (Lipinski definition) is 0. The van der Waals surface area contributed by atoms with Crippen LogP contribution >= 0.6 is 11.6 Å². The van der Waals surface area contributed by atoms with E-state index in [1.807, 2.05) is 30.3 Å². The van der Waals surface area contributed by atoms with Gasteiger partial charge in [-0.3, -0.25) is 0 Å². The molecule has 0 radical (unpaired) electrons. The van der Waals surface area contributed by atoms with E-state index in [9.17, 15) is 4.79 Å². The molecule has 0 saturated heterocycles. The van der Waals surface area contributed by atoms with E-state index < -0.39 is 22.6 Å². The van der Waals surface area contributed by atoms with Crippen LogP contribution in [0.1, 0.15) is 10.5 Å². The van der Waals surface area contributed by atoms with E-state index in [-0.39, 0.29) is 0 Å². The maximum Gasteiger partial charge on any atom is 0.359 e. The smallest absolute Gasteiger partial charge is 0.359 e. The van der Waals surface area contributed by atoms with Crippen LogP contribution < -0.4 is 10.4 Å². The van der Waals surface area contributed by atoms with Crippen molar-refractivity contribution in [2.45, 2.75) is 26.2 Å². The van der Waals surface area contributed by atoms with Crippen molar-refractivity contribution in [2.75, 3.05) is 7.11 Å². The first-order chi connectivity index (χ1) is 14.6. The van der Waals surface area contributed by atoms with Crippen LogP contribution in [0.5, 0.6) is 0 Å². The summed E-state index contributed by atoms with van der Waals surface area (Å²) in [5, 5.41) is 11.0. The van der Waals surface area contributed by atoms with E-state index in [0.717, 1.165) is 27.4 Å². The van der Waals surface area contributed by atoms with E-state index in [1.165, 1.54) is 17.5 Å².